The Labute approximate surface area is 117 Å². The van der Waals surface area contributed by atoms with Crippen LogP contribution in [0.3, 0.4) is 0 Å². The van der Waals surface area contributed by atoms with Gasteiger partial charge in [-0.2, -0.15) is 0 Å². The van der Waals surface area contributed by atoms with E-state index in [1.54, 1.807) is 0 Å². The van der Waals surface area contributed by atoms with E-state index in [0.29, 0.717) is 32.7 Å². The molecular weight excluding hydrogens is 266 g/mol. The number of sulfone groups is 1. The zero-order chi connectivity index (χ0) is 14.6. The smallest absolute Gasteiger partial charge is 0.147 e. The number of nitrogens with one attached hydrogen (secondary N) is 1. The highest BCUT2D eigenvalue weighted by molar-refractivity contribution is 7.90. The van der Waals surface area contributed by atoms with Crippen molar-refractivity contribution in [2.75, 3.05) is 38.3 Å². The summed E-state index contributed by atoms with van der Waals surface area (Å²) in [5, 5.41) is 12.6. The number of aliphatic hydroxyl groups excluding tert-OH is 1. The second-order valence-electron chi connectivity index (χ2n) is 4.98. The molecule has 2 N–H and O–H groups in total. The fourth-order valence-electron chi connectivity index (χ4n) is 1.64. The second kappa shape index (κ2) is 11.6. The minimum absolute atomic E-state index is 0.185. The molecule has 6 heteroatoms. The molecule has 0 amide bonds. The first-order valence-corrected chi connectivity index (χ1v) is 9.16. The van der Waals surface area contributed by atoms with Crippen molar-refractivity contribution >= 4 is 9.84 Å². The first kappa shape index (κ1) is 18.8. The fraction of sp³-hybridized carbons (Fsp3) is 1.00. The van der Waals surface area contributed by atoms with Crippen molar-refractivity contribution in [1.82, 2.24) is 5.32 Å². The third-order valence-electron chi connectivity index (χ3n) is 2.70. The van der Waals surface area contributed by atoms with E-state index >= 15 is 0 Å². The highest BCUT2D eigenvalue weighted by Crippen LogP contribution is 1.99. The van der Waals surface area contributed by atoms with Crippen LogP contribution in [0.4, 0.5) is 0 Å². The average molecular weight is 295 g/mol. The van der Waals surface area contributed by atoms with Gasteiger partial charge in [0.15, 0.2) is 0 Å². The van der Waals surface area contributed by atoms with Gasteiger partial charge in [0.05, 0.1) is 18.5 Å². The van der Waals surface area contributed by atoms with Crippen LogP contribution in [0.5, 0.6) is 0 Å². The number of hydrogen-bond acceptors (Lipinski definition) is 5. The van der Waals surface area contributed by atoms with E-state index < -0.39 is 15.9 Å². The molecule has 0 bridgehead atoms. The molecule has 0 aliphatic heterocycles. The summed E-state index contributed by atoms with van der Waals surface area (Å²) in [5.74, 6) is 0.185. The van der Waals surface area contributed by atoms with Crippen molar-refractivity contribution in [3.05, 3.63) is 0 Å². The molecule has 116 valence electrons. The average Bonchev–Trinajstić information content (AvgIpc) is 2.31. The monoisotopic (exact) mass is 295 g/mol. The molecule has 0 rings (SSSR count). The van der Waals surface area contributed by atoms with E-state index in [1.165, 1.54) is 25.5 Å². The van der Waals surface area contributed by atoms with Crippen LogP contribution < -0.4 is 5.32 Å². The van der Waals surface area contributed by atoms with Gasteiger partial charge >= 0.3 is 0 Å². The second-order valence-corrected chi connectivity index (χ2v) is 7.24. The van der Waals surface area contributed by atoms with Gasteiger partial charge in [-0.25, -0.2) is 8.42 Å². The summed E-state index contributed by atoms with van der Waals surface area (Å²) >= 11 is 0. The van der Waals surface area contributed by atoms with E-state index in [1.807, 2.05) is 0 Å². The van der Waals surface area contributed by atoms with Crippen LogP contribution in [-0.4, -0.2) is 57.9 Å². The number of hydrogen-bond donors (Lipinski definition) is 2. The predicted octanol–water partition coefficient (Wildman–Crippen LogP) is 0.968. The highest BCUT2D eigenvalue weighted by Gasteiger charge is 2.04. The molecule has 0 saturated heterocycles. The molecule has 1 atom stereocenters. The van der Waals surface area contributed by atoms with Crippen molar-refractivity contribution in [2.45, 2.75) is 45.1 Å². The molecule has 1 unspecified atom stereocenters. The first-order valence-electron chi connectivity index (χ1n) is 7.10. The van der Waals surface area contributed by atoms with Crippen molar-refractivity contribution in [2.24, 2.45) is 0 Å². The molecule has 0 heterocycles. The van der Waals surface area contributed by atoms with E-state index in [2.05, 4.69) is 12.2 Å². The molecule has 0 fully saturated rings. The first-order chi connectivity index (χ1) is 8.95. The summed E-state index contributed by atoms with van der Waals surface area (Å²) < 4.78 is 27.1. The Bertz CT molecular complexity index is 293. The van der Waals surface area contributed by atoms with Crippen molar-refractivity contribution in [3.63, 3.8) is 0 Å². The maximum Gasteiger partial charge on any atom is 0.147 e. The van der Waals surface area contributed by atoms with Gasteiger partial charge in [0.2, 0.25) is 0 Å². The lowest BCUT2D eigenvalue weighted by Gasteiger charge is -2.12. The predicted molar refractivity (Wildman–Crippen MR) is 78.2 cm³/mol. The molecule has 5 nitrogen and oxygen atoms in total. The lowest BCUT2D eigenvalue weighted by atomic mass is 10.2. The summed E-state index contributed by atoms with van der Waals surface area (Å²) in [7, 11) is -2.88. The van der Waals surface area contributed by atoms with Crippen LogP contribution in [0.15, 0.2) is 0 Å². The highest BCUT2D eigenvalue weighted by atomic mass is 32.2. The molecule has 0 aromatic rings. The van der Waals surface area contributed by atoms with Gasteiger partial charge in [-0.15, -0.1) is 0 Å². The molecule has 0 radical (unpaired) electrons. The molecule has 0 spiro atoms. The fourth-order valence-corrected chi connectivity index (χ4v) is 2.31. The number of unbranched alkanes of at least 4 members (excludes halogenated alkanes) is 3. The number of rotatable bonds is 13. The van der Waals surface area contributed by atoms with Crippen LogP contribution in [0.1, 0.15) is 39.0 Å². The van der Waals surface area contributed by atoms with Crippen molar-refractivity contribution < 1.29 is 18.3 Å². The lowest BCUT2D eigenvalue weighted by Crippen LogP contribution is -2.31. The van der Waals surface area contributed by atoms with E-state index in [-0.39, 0.29) is 5.75 Å². The normalized spacial score (nSPS) is 13.6. The van der Waals surface area contributed by atoms with E-state index in [9.17, 15) is 13.5 Å². The molecule has 0 aromatic heterocycles. The van der Waals surface area contributed by atoms with Gasteiger partial charge in [0, 0.05) is 19.4 Å². The Balaban J connectivity index is 3.28. The topological polar surface area (TPSA) is 75.6 Å². The Morgan fingerprint density at radius 3 is 2.58 bits per heavy atom. The van der Waals surface area contributed by atoms with Gasteiger partial charge in [-0.3, -0.25) is 0 Å². The summed E-state index contributed by atoms with van der Waals surface area (Å²) in [4.78, 5) is 0. The Hall–Kier alpha value is -0.170. The van der Waals surface area contributed by atoms with Crippen LogP contribution in [-0.2, 0) is 14.6 Å². The van der Waals surface area contributed by atoms with Crippen LogP contribution in [0.25, 0.3) is 0 Å². The number of ether oxygens (including phenoxy) is 1. The quantitative estimate of drug-likeness (QED) is 0.495. The molecule has 0 aromatic carbocycles. The zero-order valence-corrected chi connectivity index (χ0v) is 13.0. The summed E-state index contributed by atoms with van der Waals surface area (Å²) in [6.07, 6.45) is 5.94. The van der Waals surface area contributed by atoms with Gasteiger partial charge in [0.1, 0.15) is 9.84 Å². The van der Waals surface area contributed by atoms with Gasteiger partial charge < -0.3 is 15.2 Å². The minimum Gasteiger partial charge on any atom is -0.389 e. The van der Waals surface area contributed by atoms with E-state index in [4.69, 9.17) is 4.74 Å². The molecule has 0 aliphatic carbocycles. The van der Waals surface area contributed by atoms with Gasteiger partial charge in [-0.1, -0.05) is 26.2 Å². The van der Waals surface area contributed by atoms with E-state index in [0.717, 1.165) is 6.42 Å². The Morgan fingerprint density at radius 2 is 1.95 bits per heavy atom. The number of aliphatic hydroxyl groups is 1. The Kier molecular flexibility index (Phi) is 11.5. The molecule has 0 aliphatic rings. The molecule has 0 saturated carbocycles. The molecular formula is C13H29NO4S. The van der Waals surface area contributed by atoms with Gasteiger partial charge in [-0.05, 0) is 19.4 Å². The minimum atomic E-state index is -2.88. The maximum absolute atomic E-state index is 10.9. The third-order valence-corrected chi connectivity index (χ3v) is 3.73. The van der Waals surface area contributed by atoms with Crippen LogP contribution in [0, 0.1) is 0 Å². The van der Waals surface area contributed by atoms with Crippen LogP contribution >= 0.6 is 0 Å². The SMILES string of the molecule is CCCCCCOCC(O)CNCCCS(C)(=O)=O. The maximum atomic E-state index is 10.9. The van der Waals surface area contributed by atoms with Crippen molar-refractivity contribution in [3.8, 4) is 0 Å². The Morgan fingerprint density at radius 1 is 1.21 bits per heavy atom. The summed E-state index contributed by atoms with van der Waals surface area (Å²) in [5.41, 5.74) is 0. The largest absolute Gasteiger partial charge is 0.389 e. The summed E-state index contributed by atoms with van der Waals surface area (Å²) in [6, 6.07) is 0. The molecule has 19 heavy (non-hydrogen) atoms. The van der Waals surface area contributed by atoms with Crippen LogP contribution in [0.2, 0.25) is 0 Å². The summed E-state index contributed by atoms with van der Waals surface area (Å²) in [6.45, 7) is 4.25. The van der Waals surface area contributed by atoms with Gasteiger partial charge in [0.25, 0.3) is 0 Å². The lowest BCUT2D eigenvalue weighted by molar-refractivity contribution is 0.0356. The van der Waals surface area contributed by atoms with Crippen molar-refractivity contribution in [1.29, 1.82) is 0 Å². The zero-order valence-electron chi connectivity index (χ0n) is 12.2. The standard InChI is InChI=1S/C13H29NO4S/c1-3-4-5-6-9-18-12-13(15)11-14-8-7-10-19(2,16)17/h13-15H,3-12H2,1-2H3. The third kappa shape index (κ3) is 15.8.